The van der Waals surface area contributed by atoms with Gasteiger partial charge in [0, 0.05) is 5.75 Å². The van der Waals surface area contributed by atoms with Crippen molar-refractivity contribution in [1.29, 1.82) is 0 Å². The maximum absolute atomic E-state index is 12.1. The molecular weight excluding hydrogens is 390 g/mol. The monoisotopic (exact) mass is 411 g/mol. The van der Waals surface area contributed by atoms with E-state index in [0.717, 1.165) is 28.7 Å². The third-order valence-electron chi connectivity index (χ3n) is 4.58. The van der Waals surface area contributed by atoms with E-state index in [-0.39, 0.29) is 12.5 Å². The molecule has 0 saturated carbocycles. The van der Waals surface area contributed by atoms with E-state index in [2.05, 4.69) is 52.8 Å². The van der Waals surface area contributed by atoms with Gasteiger partial charge in [0.2, 0.25) is 5.13 Å². The summed E-state index contributed by atoms with van der Waals surface area (Å²) in [7, 11) is 0. The van der Waals surface area contributed by atoms with Crippen molar-refractivity contribution in [3.05, 3.63) is 64.7 Å². The number of rotatable bonds is 7. The number of nitrogens with zero attached hydrogens (tertiary/aromatic N) is 2. The molecule has 28 heavy (non-hydrogen) atoms. The average Bonchev–Trinajstić information content (AvgIpc) is 3.34. The summed E-state index contributed by atoms with van der Waals surface area (Å²) >= 11 is 2.99. The summed E-state index contributed by atoms with van der Waals surface area (Å²) in [6, 6.07) is 14.5. The molecule has 0 radical (unpaired) electrons. The number of nitrogens with one attached hydrogen (secondary N) is 1. The highest BCUT2D eigenvalue weighted by molar-refractivity contribution is 8.00. The predicted molar refractivity (Wildman–Crippen MR) is 113 cm³/mol. The van der Waals surface area contributed by atoms with Gasteiger partial charge >= 0.3 is 0 Å². The predicted octanol–water partition coefficient (Wildman–Crippen LogP) is 4.65. The molecule has 0 spiro atoms. The second-order valence-electron chi connectivity index (χ2n) is 6.77. The summed E-state index contributed by atoms with van der Waals surface area (Å²) in [5.41, 5.74) is 5.20. The number of carbonyl (C=O) groups excluding carboxylic acids is 1. The van der Waals surface area contributed by atoms with E-state index in [1.807, 2.05) is 12.1 Å². The molecule has 0 aliphatic heterocycles. The van der Waals surface area contributed by atoms with Gasteiger partial charge in [0.1, 0.15) is 5.75 Å². The van der Waals surface area contributed by atoms with Gasteiger partial charge in [-0.15, -0.1) is 10.2 Å². The topological polar surface area (TPSA) is 64.1 Å². The van der Waals surface area contributed by atoms with E-state index in [1.54, 1.807) is 11.8 Å². The number of hydrogen-bond acceptors (Lipinski definition) is 6. The second kappa shape index (κ2) is 8.75. The van der Waals surface area contributed by atoms with Crippen molar-refractivity contribution in [3.8, 4) is 5.75 Å². The van der Waals surface area contributed by atoms with Crippen molar-refractivity contribution in [2.24, 2.45) is 0 Å². The summed E-state index contributed by atoms with van der Waals surface area (Å²) < 4.78 is 6.46. The van der Waals surface area contributed by atoms with E-state index in [1.165, 1.54) is 40.0 Å². The van der Waals surface area contributed by atoms with Gasteiger partial charge in [0.25, 0.3) is 5.91 Å². The number of fused-ring (bicyclic) bond motifs is 1. The second-order valence-corrected chi connectivity index (χ2v) is 8.97. The lowest BCUT2D eigenvalue weighted by molar-refractivity contribution is -0.118. The molecule has 2 aromatic carbocycles. The molecule has 1 N–H and O–H groups in total. The molecule has 1 amide bonds. The summed E-state index contributed by atoms with van der Waals surface area (Å²) in [6.45, 7) is 2.04. The number of carbonyl (C=O) groups is 1. The van der Waals surface area contributed by atoms with Crippen LogP contribution in [0.2, 0.25) is 0 Å². The Kier molecular flexibility index (Phi) is 5.92. The van der Waals surface area contributed by atoms with Gasteiger partial charge in [-0.1, -0.05) is 59.0 Å². The number of aryl methyl sites for hydroxylation is 3. The van der Waals surface area contributed by atoms with Gasteiger partial charge < -0.3 is 4.74 Å². The molecule has 7 heteroatoms. The quantitative estimate of drug-likeness (QED) is 0.453. The van der Waals surface area contributed by atoms with Gasteiger partial charge in [-0.3, -0.25) is 10.1 Å². The lowest BCUT2D eigenvalue weighted by Crippen LogP contribution is -2.20. The van der Waals surface area contributed by atoms with E-state index >= 15 is 0 Å². The summed E-state index contributed by atoms with van der Waals surface area (Å²) in [6.07, 6.45) is 3.42. The van der Waals surface area contributed by atoms with Crippen molar-refractivity contribution in [2.45, 2.75) is 36.3 Å². The van der Waals surface area contributed by atoms with Gasteiger partial charge in [-0.05, 0) is 55.0 Å². The van der Waals surface area contributed by atoms with Crippen LogP contribution in [0.15, 0.2) is 46.8 Å². The van der Waals surface area contributed by atoms with Gasteiger partial charge in [0.15, 0.2) is 10.9 Å². The van der Waals surface area contributed by atoms with Crippen LogP contribution in [0.25, 0.3) is 0 Å². The van der Waals surface area contributed by atoms with Crippen molar-refractivity contribution >= 4 is 34.1 Å². The third-order valence-corrected chi connectivity index (χ3v) is 6.62. The number of hydrogen-bond donors (Lipinski definition) is 1. The minimum absolute atomic E-state index is 0.0375. The van der Waals surface area contributed by atoms with E-state index in [0.29, 0.717) is 5.13 Å². The fourth-order valence-corrected chi connectivity index (χ4v) is 4.81. The van der Waals surface area contributed by atoms with Gasteiger partial charge in [-0.25, -0.2) is 0 Å². The van der Waals surface area contributed by atoms with Crippen LogP contribution in [0.4, 0.5) is 5.13 Å². The first-order valence-electron chi connectivity index (χ1n) is 9.22. The van der Waals surface area contributed by atoms with Crippen LogP contribution in [-0.2, 0) is 23.4 Å². The molecule has 0 unspecified atom stereocenters. The number of thioether (sulfide) groups is 1. The lowest BCUT2D eigenvalue weighted by atomic mass is 10.1. The molecule has 0 bridgehead atoms. The number of anilines is 1. The highest BCUT2D eigenvalue weighted by Crippen LogP contribution is 2.29. The maximum atomic E-state index is 12.1. The van der Waals surface area contributed by atoms with Crippen molar-refractivity contribution in [3.63, 3.8) is 0 Å². The van der Waals surface area contributed by atoms with E-state index < -0.39 is 0 Å². The van der Waals surface area contributed by atoms with Crippen LogP contribution in [0, 0.1) is 6.92 Å². The van der Waals surface area contributed by atoms with Crippen LogP contribution in [0.1, 0.15) is 28.7 Å². The number of ether oxygens (including phenoxy) is 1. The highest BCUT2D eigenvalue weighted by Gasteiger charge is 2.13. The molecule has 1 aromatic heterocycles. The fraction of sp³-hybridized carbons (Fsp3) is 0.286. The Morgan fingerprint density at radius 3 is 2.82 bits per heavy atom. The molecular formula is C21H21N3O2S2. The van der Waals surface area contributed by atoms with E-state index in [4.69, 9.17) is 4.74 Å². The maximum Gasteiger partial charge on any atom is 0.264 e. The minimum atomic E-state index is -0.230. The largest absolute Gasteiger partial charge is 0.484 e. The molecule has 0 atom stereocenters. The van der Waals surface area contributed by atoms with E-state index in [9.17, 15) is 4.79 Å². The SMILES string of the molecule is Cc1ccc(CSc2nnc(NC(=O)COc3ccc4c(c3)CCC4)s2)cc1. The lowest BCUT2D eigenvalue weighted by Gasteiger charge is -2.07. The first kappa shape index (κ1) is 19.0. The van der Waals surface area contributed by atoms with Crippen LogP contribution in [0.3, 0.4) is 0 Å². The Bertz CT molecular complexity index is 970. The van der Waals surface area contributed by atoms with Crippen LogP contribution < -0.4 is 10.1 Å². The first-order valence-corrected chi connectivity index (χ1v) is 11.0. The number of benzene rings is 2. The zero-order valence-electron chi connectivity index (χ0n) is 15.6. The van der Waals surface area contributed by atoms with Gasteiger partial charge in [-0.2, -0.15) is 0 Å². The molecule has 0 saturated heterocycles. The summed E-state index contributed by atoms with van der Waals surface area (Å²) in [4.78, 5) is 12.1. The summed E-state index contributed by atoms with van der Waals surface area (Å²) in [5, 5.41) is 11.4. The summed E-state index contributed by atoms with van der Waals surface area (Å²) in [5.74, 6) is 1.33. The zero-order valence-corrected chi connectivity index (χ0v) is 17.2. The van der Waals surface area contributed by atoms with Crippen molar-refractivity contribution < 1.29 is 9.53 Å². The Balaban J connectivity index is 1.25. The smallest absolute Gasteiger partial charge is 0.264 e. The highest BCUT2D eigenvalue weighted by atomic mass is 32.2. The normalized spacial score (nSPS) is 12.6. The molecule has 4 rings (SSSR count). The Labute approximate surface area is 172 Å². The first-order chi connectivity index (χ1) is 13.7. The molecule has 144 valence electrons. The minimum Gasteiger partial charge on any atom is -0.484 e. The number of aromatic nitrogens is 2. The molecule has 3 aromatic rings. The molecule has 1 aliphatic rings. The molecule has 5 nitrogen and oxygen atoms in total. The Morgan fingerprint density at radius 2 is 1.96 bits per heavy atom. The standard InChI is InChI=1S/C21H21N3O2S2/c1-14-5-7-15(8-6-14)13-27-21-24-23-20(28-21)22-19(25)12-26-18-10-9-16-3-2-4-17(16)11-18/h5-11H,2-4,12-13H2,1H3,(H,22,23,25). The fourth-order valence-electron chi connectivity index (χ4n) is 3.09. The van der Waals surface area contributed by atoms with Crippen molar-refractivity contribution in [2.75, 3.05) is 11.9 Å². The molecule has 1 heterocycles. The third kappa shape index (κ3) is 4.91. The Morgan fingerprint density at radius 1 is 1.14 bits per heavy atom. The van der Waals surface area contributed by atoms with Crippen LogP contribution >= 0.6 is 23.1 Å². The van der Waals surface area contributed by atoms with Crippen molar-refractivity contribution in [1.82, 2.24) is 10.2 Å². The van der Waals surface area contributed by atoms with Crippen LogP contribution in [0.5, 0.6) is 5.75 Å². The number of amides is 1. The van der Waals surface area contributed by atoms with Gasteiger partial charge in [0.05, 0.1) is 0 Å². The average molecular weight is 412 g/mol. The zero-order chi connectivity index (χ0) is 19.3. The Hall–Kier alpha value is -2.38. The molecule has 1 aliphatic carbocycles. The molecule has 0 fully saturated rings. The van der Waals surface area contributed by atoms with Crippen LogP contribution in [-0.4, -0.2) is 22.7 Å².